The Bertz CT molecular complexity index is 948. The molecule has 1 N–H and O–H groups in total. The standard InChI is InChI=1S/C19H20ClFN2O3S/c1-13-11-15(20)4-9-18(13)22-19(24)14-3-2-10-23(12-14)27(25,26)17-7-5-16(21)6-8-17/h4-9,11,14H,2-3,10,12H2,1H3,(H,22,24)/t14-/m0/s1. The fraction of sp³-hybridized carbons (Fsp3) is 0.316. The first kappa shape index (κ1) is 19.8. The van der Waals surface area contributed by atoms with Crippen molar-refractivity contribution in [1.29, 1.82) is 0 Å². The molecule has 2 aromatic carbocycles. The van der Waals surface area contributed by atoms with Crippen molar-refractivity contribution in [3.8, 4) is 0 Å². The van der Waals surface area contributed by atoms with Gasteiger partial charge in [0, 0.05) is 23.8 Å². The van der Waals surface area contributed by atoms with Gasteiger partial charge in [-0.1, -0.05) is 11.6 Å². The van der Waals surface area contributed by atoms with E-state index in [1.54, 1.807) is 18.2 Å². The van der Waals surface area contributed by atoms with E-state index in [0.29, 0.717) is 30.1 Å². The number of sulfonamides is 1. The van der Waals surface area contributed by atoms with Crippen molar-refractivity contribution < 1.29 is 17.6 Å². The number of hydrogen-bond donors (Lipinski definition) is 1. The summed E-state index contributed by atoms with van der Waals surface area (Å²) in [6.45, 7) is 2.27. The van der Waals surface area contributed by atoms with Gasteiger partial charge in [-0.2, -0.15) is 4.31 Å². The predicted molar refractivity (Wildman–Crippen MR) is 103 cm³/mol. The highest BCUT2D eigenvalue weighted by molar-refractivity contribution is 7.89. The van der Waals surface area contributed by atoms with Crippen molar-refractivity contribution in [2.75, 3.05) is 18.4 Å². The first-order valence-electron chi connectivity index (χ1n) is 8.60. The molecule has 0 unspecified atom stereocenters. The number of amides is 1. The van der Waals surface area contributed by atoms with Crippen LogP contribution in [0.25, 0.3) is 0 Å². The Morgan fingerprint density at radius 2 is 1.93 bits per heavy atom. The number of aryl methyl sites for hydroxylation is 1. The third kappa shape index (κ3) is 4.48. The van der Waals surface area contributed by atoms with Gasteiger partial charge in [-0.25, -0.2) is 12.8 Å². The summed E-state index contributed by atoms with van der Waals surface area (Å²) in [5, 5.41) is 3.44. The topological polar surface area (TPSA) is 66.5 Å². The lowest BCUT2D eigenvalue weighted by atomic mass is 9.98. The van der Waals surface area contributed by atoms with Crippen molar-refractivity contribution in [1.82, 2.24) is 4.31 Å². The summed E-state index contributed by atoms with van der Waals surface area (Å²) in [5.74, 6) is -1.17. The molecule has 3 rings (SSSR count). The third-order valence-corrected chi connectivity index (χ3v) is 6.77. The SMILES string of the molecule is Cc1cc(Cl)ccc1NC(=O)[C@H]1CCCN(S(=O)(=O)c2ccc(F)cc2)C1. The van der Waals surface area contributed by atoms with Crippen molar-refractivity contribution >= 4 is 33.2 Å². The monoisotopic (exact) mass is 410 g/mol. The second kappa shape index (κ2) is 7.96. The van der Waals surface area contributed by atoms with Gasteiger partial charge in [-0.15, -0.1) is 0 Å². The van der Waals surface area contributed by atoms with Gasteiger partial charge < -0.3 is 5.32 Å². The normalized spacial score (nSPS) is 18.3. The van der Waals surface area contributed by atoms with Crippen LogP contribution in [0.5, 0.6) is 0 Å². The molecule has 0 aliphatic carbocycles. The van der Waals surface area contributed by atoms with Crippen LogP contribution in [0, 0.1) is 18.7 Å². The lowest BCUT2D eigenvalue weighted by molar-refractivity contribution is -0.120. The molecule has 144 valence electrons. The zero-order valence-corrected chi connectivity index (χ0v) is 16.4. The number of carbonyl (C=O) groups excluding carboxylic acids is 1. The van der Waals surface area contributed by atoms with Crippen LogP contribution in [0.15, 0.2) is 47.4 Å². The smallest absolute Gasteiger partial charge is 0.243 e. The van der Waals surface area contributed by atoms with Crippen LogP contribution in [0.2, 0.25) is 5.02 Å². The molecule has 1 aliphatic heterocycles. The number of halogens is 2. The van der Waals surface area contributed by atoms with Crippen LogP contribution in [-0.4, -0.2) is 31.7 Å². The molecule has 27 heavy (non-hydrogen) atoms. The fourth-order valence-corrected chi connectivity index (χ4v) is 4.88. The molecule has 1 atom stereocenters. The van der Waals surface area contributed by atoms with Crippen molar-refractivity contribution in [3.63, 3.8) is 0 Å². The Balaban J connectivity index is 1.73. The van der Waals surface area contributed by atoms with Crippen molar-refractivity contribution in [2.24, 2.45) is 5.92 Å². The second-order valence-corrected chi connectivity index (χ2v) is 8.98. The summed E-state index contributed by atoms with van der Waals surface area (Å²) in [6, 6.07) is 9.89. The Morgan fingerprint density at radius 1 is 1.22 bits per heavy atom. The quantitative estimate of drug-likeness (QED) is 0.833. The number of carbonyl (C=O) groups is 1. The van der Waals surface area contributed by atoms with Gasteiger partial charge in [0.1, 0.15) is 5.82 Å². The van der Waals surface area contributed by atoms with E-state index in [0.717, 1.165) is 17.7 Å². The molecule has 1 saturated heterocycles. The third-order valence-electron chi connectivity index (χ3n) is 4.65. The van der Waals surface area contributed by atoms with E-state index >= 15 is 0 Å². The number of benzene rings is 2. The van der Waals surface area contributed by atoms with Crippen LogP contribution in [0.1, 0.15) is 18.4 Å². The molecule has 5 nitrogen and oxygen atoms in total. The van der Waals surface area contributed by atoms with Gasteiger partial charge in [0.2, 0.25) is 15.9 Å². The zero-order chi connectivity index (χ0) is 19.6. The lowest BCUT2D eigenvalue weighted by Crippen LogP contribution is -2.43. The van der Waals surface area contributed by atoms with Gasteiger partial charge in [0.25, 0.3) is 0 Å². The largest absolute Gasteiger partial charge is 0.326 e. The molecule has 0 radical (unpaired) electrons. The predicted octanol–water partition coefficient (Wildman–Crippen LogP) is 3.83. The first-order valence-corrected chi connectivity index (χ1v) is 10.4. The maximum absolute atomic E-state index is 13.1. The Labute approximate surface area is 163 Å². The van der Waals surface area contributed by atoms with E-state index in [1.807, 2.05) is 6.92 Å². The minimum Gasteiger partial charge on any atom is -0.326 e. The molecular weight excluding hydrogens is 391 g/mol. The minimum absolute atomic E-state index is 0.0264. The van der Waals surface area contributed by atoms with Gasteiger partial charge in [-0.3, -0.25) is 4.79 Å². The molecule has 1 aliphatic rings. The summed E-state index contributed by atoms with van der Waals surface area (Å²) < 4.78 is 39.9. The fourth-order valence-electron chi connectivity index (χ4n) is 3.13. The van der Waals surface area contributed by atoms with Crippen molar-refractivity contribution in [3.05, 3.63) is 58.9 Å². The van der Waals surface area contributed by atoms with E-state index in [2.05, 4.69) is 5.32 Å². The molecule has 8 heteroatoms. The summed E-state index contributed by atoms with van der Waals surface area (Å²) in [7, 11) is -3.76. The van der Waals surface area contributed by atoms with E-state index < -0.39 is 21.8 Å². The van der Waals surface area contributed by atoms with Gasteiger partial charge in [-0.05, 0) is 67.8 Å². The molecular formula is C19H20ClFN2O3S. The zero-order valence-electron chi connectivity index (χ0n) is 14.8. The Kier molecular flexibility index (Phi) is 5.83. The van der Waals surface area contributed by atoms with Crippen LogP contribution in [0.4, 0.5) is 10.1 Å². The molecule has 1 heterocycles. The van der Waals surface area contributed by atoms with Crippen LogP contribution in [0.3, 0.4) is 0 Å². The van der Waals surface area contributed by atoms with E-state index in [4.69, 9.17) is 11.6 Å². The molecule has 0 bridgehead atoms. The highest BCUT2D eigenvalue weighted by atomic mass is 35.5. The number of nitrogens with one attached hydrogen (secondary N) is 1. The average Bonchev–Trinajstić information content (AvgIpc) is 2.64. The summed E-state index contributed by atoms with van der Waals surface area (Å²) >= 11 is 5.93. The molecule has 1 fully saturated rings. The summed E-state index contributed by atoms with van der Waals surface area (Å²) in [4.78, 5) is 12.7. The van der Waals surface area contributed by atoms with Gasteiger partial charge >= 0.3 is 0 Å². The molecule has 0 aromatic heterocycles. The molecule has 0 spiro atoms. The van der Waals surface area contributed by atoms with E-state index in [1.165, 1.54) is 16.4 Å². The number of rotatable bonds is 4. The Hall–Kier alpha value is -1.96. The summed E-state index contributed by atoms with van der Waals surface area (Å²) in [5.41, 5.74) is 1.49. The van der Waals surface area contributed by atoms with Crippen LogP contribution in [-0.2, 0) is 14.8 Å². The number of piperidine rings is 1. The number of nitrogens with zero attached hydrogens (tertiary/aromatic N) is 1. The van der Waals surface area contributed by atoms with Crippen LogP contribution < -0.4 is 5.32 Å². The molecule has 0 saturated carbocycles. The van der Waals surface area contributed by atoms with Gasteiger partial charge in [0.15, 0.2) is 0 Å². The molecule has 2 aromatic rings. The average molecular weight is 411 g/mol. The number of anilines is 1. The highest BCUT2D eigenvalue weighted by Gasteiger charge is 2.33. The highest BCUT2D eigenvalue weighted by Crippen LogP contribution is 2.26. The lowest BCUT2D eigenvalue weighted by Gasteiger charge is -2.31. The second-order valence-electron chi connectivity index (χ2n) is 6.60. The Morgan fingerprint density at radius 3 is 2.59 bits per heavy atom. The minimum atomic E-state index is -3.76. The first-order chi connectivity index (χ1) is 12.8. The van der Waals surface area contributed by atoms with Crippen molar-refractivity contribution in [2.45, 2.75) is 24.7 Å². The van der Waals surface area contributed by atoms with Crippen LogP contribution >= 0.6 is 11.6 Å². The molecule has 1 amide bonds. The summed E-state index contributed by atoms with van der Waals surface area (Å²) in [6.07, 6.45) is 1.19. The van der Waals surface area contributed by atoms with E-state index in [9.17, 15) is 17.6 Å². The number of hydrogen-bond acceptors (Lipinski definition) is 3. The maximum Gasteiger partial charge on any atom is 0.243 e. The van der Waals surface area contributed by atoms with Gasteiger partial charge in [0.05, 0.1) is 10.8 Å². The maximum atomic E-state index is 13.1. The van der Waals surface area contributed by atoms with E-state index in [-0.39, 0.29) is 17.3 Å².